The van der Waals surface area contributed by atoms with Gasteiger partial charge >= 0.3 is 0 Å². The number of hydrogen-bond acceptors (Lipinski definition) is 6. The van der Waals surface area contributed by atoms with E-state index in [0.717, 1.165) is 6.54 Å². The summed E-state index contributed by atoms with van der Waals surface area (Å²) in [5, 5.41) is 5.99. The van der Waals surface area contributed by atoms with Crippen LogP contribution in [-0.2, 0) is 4.79 Å². The molecule has 0 radical (unpaired) electrons. The van der Waals surface area contributed by atoms with Gasteiger partial charge in [-0.25, -0.2) is 9.97 Å². The summed E-state index contributed by atoms with van der Waals surface area (Å²) in [5.74, 6) is 2.13. The Balaban J connectivity index is 2.79. The second-order valence-corrected chi connectivity index (χ2v) is 5.16. The number of likely N-dealkylation sites (N-methyl/N-ethyl adjacent to an activating group) is 1. The van der Waals surface area contributed by atoms with E-state index in [-0.39, 0.29) is 12.5 Å². The third kappa shape index (κ3) is 5.09. The van der Waals surface area contributed by atoms with Gasteiger partial charge in [-0.2, -0.15) is 0 Å². The van der Waals surface area contributed by atoms with E-state index in [1.165, 1.54) is 6.33 Å². The number of rotatable bonds is 8. The van der Waals surface area contributed by atoms with Crippen molar-refractivity contribution >= 4 is 17.5 Å². The molecule has 1 rings (SSSR count). The van der Waals surface area contributed by atoms with Crippen LogP contribution in [0.15, 0.2) is 6.33 Å². The number of amides is 1. The lowest BCUT2D eigenvalue weighted by Crippen LogP contribution is -2.37. The van der Waals surface area contributed by atoms with Crippen molar-refractivity contribution < 1.29 is 9.53 Å². The largest absolute Gasteiger partial charge is 0.490 e. The standard InChI is InChI=1S/C14H25N5O2/c1-6-15-13-12(21-5)14(18-9-17-13)19(4)8-11(20)16-7-10(2)3/h9-10H,6-8H2,1-5H3,(H,16,20)(H,15,17,18). The highest BCUT2D eigenvalue weighted by Gasteiger charge is 2.17. The van der Waals surface area contributed by atoms with E-state index in [2.05, 4.69) is 34.4 Å². The first kappa shape index (κ1) is 17.0. The van der Waals surface area contributed by atoms with E-state index in [1.54, 1.807) is 19.1 Å². The fourth-order valence-corrected chi connectivity index (χ4v) is 1.78. The molecule has 21 heavy (non-hydrogen) atoms. The lowest BCUT2D eigenvalue weighted by Gasteiger charge is -2.21. The minimum Gasteiger partial charge on any atom is -0.490 e. The number of aromatic nitrogens is 2. The topological polar surface area (TPSA) is 79.4 Å². The third-order valence-corrected chi connectivity index (χ3v) is 2.78. The number of carbonyl (C=O) groups is 1. The summed E-state index contributed by atoms with van der Waals surface area (Å²) in [5.41, 5.74) is 0. The maximum Gasteiger partial charge on any atom is 0.239 e. The molecule has 0 saturated carbocycles. The number of hydrogen-bond donors (Lipinski definition) is 2. The highest BCUT2D eigenvalue weighted by Crippen LogP contribution is 2.30. The van der Waals surface area contributed by atoms with Crippen LogP contribution < -0.4 is 20.3 Å². The summed E-state index contributed by atoms with van der Waals surface area (Å²) in [7, 11) is 3.37. The molecule has 0 fully saturated rings. The molecule has 0 aliphatic carbocycles. The van der Waals surface area contributed by atoms with Crippen LogP contribution in [0.4, 0.5) is 11.6 Å². The second kappa shape index (κ2) is 8.28. The van der Waals surface area contributed by atoms with E-state index < -0.39 is 0 Å². The molecular formula is C14H25N5O2. The summed E-state index contributed by atoms with van der Waals surface area (Å²) in [6, 6.07) is 0. The molecule has 7 nitrogen and oxygen atoms in total. The summed E-state index contributed by atoms with van der Waals surface area (Å²) in [6.45, 7) is 7.69. The Kier molecular flexibility index (Phi) is 6.71. The SMILES string of the molecule is CCNc1ncnc(N(C)CC(=O)NCC(C)C)c1OC. The normalized spacial score (nSPS) is 10.4. The minimum atomic E-state index is -0.0446. The molecule has 0 unspecified atom stereocenters. The fourth-order valence-electron chi connectivity index (χ4n) is 1.78. The lowest BCUT2D eigenvalue weighted by molar-refractivity contribution is -0.119. The minimum absolute atomic E-state index is 0.0446. The van der Waals surface area contributed by atoms with Crippen molar-refractivity contribution in [1.29, 1.82) is 0 Å². The maximum atomic E-state index is 11.9. The Hall–Kier alpha value is -2.05. The Morgan fingerprint density at radius 2 is 2.14 bits per heavy atom. The van der Waals surface area contributed by atoms with Crippen LogP contribution in [0, 0.1) is 5.92 Å². The molecule has 0 aliphatic heterocycles. The van der Waals surface area contributed by atoms with Crippen LogP contribution in [0.5, 0.6) is 5.75 Å². The van der Waals surface area contributed by atoms with Gasteiger partial charge < -0.3 is 20.3 Å². The molecule has 0 aromatic carbocycles. The molecular weight excluding hydrogens is 270 g/mol. The van der Waals surface area contributed by atoms with Gasteiger partial charge in [0, 0.05) is 20.1 Å². The van der Waals surface area contributed by atoms with Crippen molar-refractivity contribution in [3.05, 3.63) is 6.33 Å². The fraction of sp³-hybridized carbons (Fsp3) is 0.643. The van der Waals surface area contributed by atoms with E-state index in [4.69, 9.17) is 4.74 Å². The van der Waals surface area contributed by atoms with E-state index >= 15 is 0 Å². The summed E-state index contributed by atoms with van der Waals surface area (Å²) >= 11 is 0. The van der Waals surface area contributed by atoms with Gasteiger partial charge in [-0.3, -0.25) is 4.79 Å². The molecule has 1 aromatic heterocycles. The van der Waals surface area contributed by atoms with Crippen LogP contribution in [0.25, 0.3) is 0 Å². The highest BCUT2D eigenvalue weighted by molar-refractivity contribution is 5.82. The van der Waals surface area contributed by atoms with Crippen molar-refractivity contribution in [2.45, 2.75) is 20.8 Å². The first-order chi connectivity index (χ1) is 9.99. The molecule has 2 N–H and O–H groups in total. The first-order valence-corrected chi connectivity index (χ1v) is 7.10. The zero-order chi connectivity index (χ0) is 15.8. The van der Waals surface area contributed by atoms with Gasteiger partial charge in [0.15, 0.2) is 11.6 Å². The summed E-state index contributed by atoms with van der Waals surface area (Å²) in [6.07, 6.45) is 1.46. The number of ether oxygens (including phenoxy) is 1. The van der Waals surface area contributed by atoms with Crippen molar-refractivity contribution in [3.63, 3.8) is 0 Å². The first-order valence-electron chi connectivity index (χ1n) is 7.10. The van der Waals surface area contributed by atoms with Gasteiger partial charge in [0.1, 0.15) is 6.33 Å². The monoisotopic (exact) mass is 295 g/mol. The molecule has 1 amide bonds. The zero-order valence-corrected chi connectivity index (χ0v) is 13.4. The molecule has 0 atom stereocenters. The van der Waals surface area contributed by atoms with Crippen LogP contribution in [-0.4, -0.2) is 49.7 Å². The Bertz CT molecular complexity index is 465. The molecule has 0 bridgehead atoms. The molecule has 7 heteroatoms. The smallest absolute Gasteiger partial charge is 0.239 e. The lowest BCUT2D eigenvalue weighted by atomic mass is 10.2. The summed E-state index contributed by atoms with van der Waals surface area (Å²) < 4.78 is 5.37. The van der Waals surface area contributed by atoms with Gasteiger partial charge in [-0.1, -0.05) is 13.8 Å². The van der Waals surface area contributed by atoms with E-state index in [1.807, 2.05) is 6.92 Å². The highest BCUT2D eigenvalue weighted by atomic mass is 16.5. The predicted octanol–water partition coefficient (Wildman–Crippen LogP) is 1.13. The van der Waals surface area contributed by atoms with Crippen molar-refractivity contribution in [1.82, 2.24) is 15.3 Å². The van der Waals surface area contributed by atoms with Crippen molar-refractivity contribution in [2.75, 3.05) is 44.0 Å². The summed E-state index contributed by atoms with van der Waals surface area (Å²) in [4.78, 5) is 22.0. The molecule has 1 heterocycles. The van der Waals surface area contributed by atoms with Gasteiger partial charge in [0.2, 0.25) is 11.7 Å². The van der Waals surface area contributed by atoms with Gasteiger partial charge in [-0.15, -0.1) is 0 Å². The number of nitrogens with one attached hydrogen (secondary N) is 2. The number of carbonyl (C=O) groups excluding carboxylic acids is 1. The Labute approximate surface area is 126 Å². The van der Waals surface area contributed by atoms with Crippen molar-refractivity contribution in [2.24, 2.45) is 5.92 Å². The average molecular weight is 295 g/mol. The molecule has 0 saturated heterocycles. The van der Waals surface area contributed by atoms with Crippen molar-refractivity contribution in [3.8, 4) is 5.75 Å². The predicted molar refractivity (Wildman–Crippen MR) is 83.9 cm³/mol. The van der Waals surface area contributed by atoms with Crippen LogP contribution in [0.3, 0.4) is 0 Å². The van der Waals surface area contributed by atoms with Crippen LogP contribution >= 0.6 is 0 Å². The van der Waals surface area contributed by atoms with Crippen LogP contribution in [0.2, 0.25) is 0 Å². The maximum absolute atomic E-state index is 11.9. The van der Waals surface area contributed by atoms with Gasteiger partial charge in [0.05, 0.1) is 13.7 Å². The molecule has 0 aliphatic rings. The Morgan fingerprint density at radius 1 is 1.43 bits per heavy atom. The zero-order valence-electron chi connectivity index (χ0n) is 13.4. The quantitative estimate of drug-likeness (QED) is 0.748. The van der Waals surface area contributed by atoms with Gasteiger partial charge in [0.25, 0.3) is 0 Å². The van der Waals surface area contributed by atoms with E-state index in [0.29, 0.717) is 29.8 Å². The molecule has 0 spiro atoms. The number of methoxy groups -OCH3 is 1. The average Bonchev–Trinajstić information content (AvgIpc) is 2.45. The third-order valence-electron chi connectivity index (χ3n) is 2.78. The molecule has 1 aromatic rings. The number of nitrogens with zero attached hydrogens (tertiary/aromatic N) is 3. The number of anilines is 2. The van der Waals surface area contributed by atoms with Crippen LogP contribution in [0.1, 0.15) is 20.8 Å². The molecule has 118 valence electrons. The van der Waals surface area contributed by atoms with E-state index in [9.17, 15) is 4.79 Å². The Morgan fingerprint density at radius 3 is 2.71 bits per heavy atom. The second-order valence-electron chi connectivity index (χ2n) is 5.16. The van der Waals surface area contributed by atoms with Gasteiger partial charge in [-0.05, 0) is 12.8 Å².